The number of hydrogen-bond donors (Lipinski definition) is 4. The van der Waals surface area contributed by atoms with E-state index >= 15 is 0 Å². The number of hydrogen-bond acceptors (Lipinski definition) is 4. The summed E-state index contributed by atoms with van der Waals surface area (Å²) in [6.07, 6.45) is 0. The Balaban J connectivity index is 2.41. The SMILES string of the molecule is CC(C)(C)NC(=O)CNCc1ccc(/C(N)=N/O)cc1. The van der Waals surface area contributed by atoms with E-state index in [0.29, 0.717) is 12.1 Å². The maximum atomic E-state index is 11.6. The Morgan fingerprint density at radius 3 is 2.40 bits per heavy atom. The lowest BCUT2D eigenvalue weighted by molar-refractivity contribution is -0.121. The van der Waals surface area contributed by atoms with Crippen LogP contribution in [0.5, 0.6) is 0 Å². The molecule has 6 heteroatoms. The normalized spacial score (nSPS) is 12.2. The number of nitrogens with zero attached hydrogens (tertiary/aromatic N) is 1. The molecule has 1 amide bonds. The molecular weight excluding hydrogens is 256 g/mol. The van der Waals surface area contributed by atoms with Gasteiger partial charge in [0.15, 0.2) is 5.84 Å². The van der Waals surface area contributed by atoms with Crippen LogP contribution in [-0.4, -0.2) is 29.0 Å². The molecule has 0 aliphatic carbocycles. The van der Waals surface area contributed by atoms with E-state index in [-0.39, 0.29) is 23.8 Å². The van der Waals surface area contributed by atoms with Gasteiger partial charge in [-0.3, -0.25) is 4.79 Å². The van der Waals surface area contributed by atoms with E-state index in [1.54, 1.807) is 12.1 Å². The van der Waals surface area contributed by atoms with Gasteiger partial charge in [0.25, 0.3) is 0 Å². The van der Waals surface area contributed by atoms with Crippen molar-refractivity contribution in [2.75, 3.05) is 6.54 Å². The van der Waals surface area contributed by atoms with Gasteiger partial charge in [-0.25, -0.2) is 0 Å². The molecule has 0 heterocycles. The fourth-order valence-corrected chi connectivity index (χ4v) is 1.63. The summed E-state index contributed by atoms with van der Waals surface area (Å²) in [5.74, 6) is 0.0415. The smallest absolute Gasteiger partial charge is 0.234 e. The number of carbonyl (C=O) groups is 1. The van der Waals surface area contributed by atoms with E-state index in [4.69, 9.17) is 10.9 Å². The first-order chi connectivity index (χ1) is 9.31. The van der Waals surface area contributed by atoms with Crippen LogP contribution in [0.1, 0.15) is 31.9 Å². The molecule has 0 aliphatic rings. The molecule has 5 N–H and O–H groups in total. The van der Waals surface area contributed by atoms with E-state index in [0.717, 1.165) is 5.56 Å². The van der Waals surface area contributed by atoms with Gasteiger partial charge in [0.1, 0.15) is 0 Å². The molecule has 0 fully saturated rings. The highest BCUT2D eigenvalue weighted by Crippen LogP contribution is 2.04. The van der Waals surface area contributed by atoms with Crippen molar-refractivity contribution >= 4 is 11.7 Å². The number of amidine groups is 1. The lowest BCUT2D eigenvalue weighted by atomic mass is 10.1. The summed E-state index contributed by atoms with van der Waals surface area (Å²) < 4.78 is 0. The molecule has 0 radical (unpaired) electrons. The van der Waals surface area contributed by atoms with Gasteiger partial charge in [-0.05, 0) is 26.3 Å². The zero-order valence-electron chi connectivity index (χ0n) is 12.1. The van der Waals surface area contributed by atoms with Crippen LogP contribution in [0.3, 0.4) is 0 Å². The molecule has 0 saturated heterocycles. The summed E-state index contributed by atoms with van der Waals surface area (Å²) >= 11 is 0. The molecule has 0 unspecified atom stereocenters. The van der Waals surface area contributed by atoms with Crippen LogP contribution >= 0.6 is 0 Å². The average Bonchev–Trinajstić information content (AvgIpc) is 2.36. The molecular formula is C14H22N4O2. The van der Waals surface area contributed by atoms with Crippen LogP contribution in [0.25, 0.3) is 0 Å². The van der Waals surface area contributed by atoms with E-state index < -0.39 is 0 Å². The summed E-state index contributed by atoms with van der Waals surface area (Å²) in [6, 6.07) is 7.26. The van der Waals surface area contributed by atoms with Crippen LogP contribution < -0.4 is 16.4 Å². The predicted molar refractivity (Wildman–Crippen MR) is 78.6 cm³/mol. The maximum absolute atomic E-state index is 11.6. The highest BCUT2D eigenvalue weighted by molar-refractivity contribution is 5.96. The van der Waals surface area contributed by atoms with Crippen molar-refractivity contribution in [1.82, 2.24) is 10.6 Å². The van der Waals surface area contributed by atoms with E-state index in [1.165, 1.54) is 0 Å². The van der Waals surface area contributed by atoms with Gasteiger partial charge in [-0.1, -0.05) is 29.4 Å². The third kappa shape index (κ3) is 5.71. The van der Waals surface area contributed by atoms with Gasteiger partial charge >= 0.3 is 0 Å². The van der Waals surface area contributed by atoms with Crippen molar-refractivity contribution in [2.45, 2.75) is 32.9 Å². The molecule has 0 aliphatic heterocycles. The first-order valence-corrected chi connectivity index (χ1v) is 6.40. The Kier molecular flexibility index (Phi) is 5.52. The largest absolute Gasteiger partial charge is 0.409 e. The molecule has 0 saturated carbocycles. The van der Waals surface area contributed by atoms with E-state index in [2.05, 4.69) is 15.8 Å². The Hall–Kier alpha value is -2.08. The molecule has 0 atom stereocenters. The van der Waals surface area contributed by atoms with Crippen LogP contribution in [0.4, 0.5) is 0 Å². The number of carbonyl (C=O) groups excluding carboxylic acids is 1. The molecule has 6 nitrogen and oxygen atoms in total. The van der Waals surface area contributed by atoms with Gasteiger partial charge in [0.05, 0.1) is 6.54 Å². The summed E-state index contributed by atoms with van der Waals surface area (Å²) in [5, 5.41) is 17.4. The third-order valence-electron chi connectivity index (χ3n) is 2.49. The second-order valence-corrected chi connectivity index (χ2v) is 5.58. The first kappa shape index (κ1) is 16.0. The van der Waals surface area contributed by atoms with Crippen molar-refractivity contribution in [2.24, 2.45) is 10.9 Å². The Bertz CT molecular complexity index is 475. The lowest BCUT2D eigenvalue weighted by Gasteiger charge is -2.20. The minimum Gasteiger partial charge on any atom is -0.409 e. The Labute approximate surface area is 119 Å². The second-order valence-electron chi connectivity index (χ2n) is 5.58. The van der Waals surface area contributed by atoms with Crippen LogP contribution in [-0.2, 0) is 11.3 Å². The molecule has 1 rings (SSSR count). The monoisotopic (exact) mass is 278 g/mol. The molecule has 110 valence electrons. The quantitative estimate of drug-likeness (QED) is 0.277. The Morgan fingerprint density at radius 2 is 1.90 bits per heavy atom. The average molecular weight is 278 g/mol. The van der Waals surface area contributed by atoms with Gasteiger partial charge < -0.3 is 21.6 Å². The van der Waals surface area contributed by atoms with E-state index in [1.807, 2.05) is 32.9 Å². The highest BCUT2D eigenvalue weighted by atomic mass is 16.4. The fraction of sp³-hybridized carbons (Fsp3) is 0.429. The zero-order valence-corrected chi connectivity index (χ0v) is 12.1. The van der Waals surface area contributed by atoms with Crippen LogP contribution in [0.15, 0.2) is 29.4 Å². The predicted octanol–water partition coefficient (Wildman–Crippen LogP) is 0.785. The first-order valence-electron chi connectivity index (χ1n) is 6.40. The summed E-state index contributed by atoms with van der Waals surface area (Å²) in [5.41, 5.74) is 6.92. The molecule has 1 aromatic rings. The summed E-state index contributed by atoms with van der Waals surface area (Å²) in [4.78, 5) is 11.6. The van der Waals surface area contributed by atoms with Crippen molar-refractivity contribution < 1.29 is 10.0 Å². The van der Waals surface area contributed by atoms with Crippen molar-refractivity contribution in [1.29, 1.82) is 0 Å². The molecule has 0 spiro atoms. The van der Waals surface area contributed by atoms with E-state index in [9.17, 15) is 4.79 Å². The standard InChI is InChI=1S/C14H22N4O2/c1-14(2,3)17-12(19)9-16-8-10-4-6-11(7-5-10)13(15)18-20/h4-7,16,20H,8-9H2,1-3H3,(H2,15,18)(H,17,19). The number of amides is 1. The minimum absolute atomic E-state index is 0.0363. The number of nitrogens with two attached hydrogens (primary N) is 1. The lowest BCUT2D eigenvalue weighted by Crippen LogP contribution is -2.44. The van der Waals surface area contributed by atoms with Crippen molar-refractivity contribution in [3.05, 3.63) is 35.4 Å². The molecule has 0 aromatic heterocycles. The maximum Gasteiger partial charge on any atom is 0.234 e. The molecule has 20 heavy (non-hydrogen) atoms. The summed E-state index contributed by atoms with van der Waals surface area (Å²) in [7, 11) is 0. The highest BCUT2D eigenvalue weighted by Gasteiger charge is 2.12. The number of oxime groups is 1. The minimum atomic E-state index is -0.221. The zero-order chi connectivity index (χ0) is 15.2. The summed E-state index contributed by atoms with van der Waals surface area (Å²) in [6.45, 7) is 6.66. The van der Waals surface area contributed by atoms with Gasteiger partial charge in [-0.2, -0.15) is 0 Å². The van der Waals surface area contributed by atoms with Gasteiger partial charge in [0, 0.05) is 17.6 Å². The number of benzene rings is 1. The van der Waals surface area contributed by atoms with Gasteiger partial charge in [0.2, 0.25) is 5.91 Å². The van der Waals surface area contributed by atoms with Gasteiger partial charge in [-0.15, -0.1) is 0 Å². The molecule has 0 bridgehead atoms. The third-order valence-corrected chi connectivity index (χ3v) is 2.49. The van der Waals surface area contributed by atoms with Crippen LogP contribution in [0.2, 0.25) is 0 Å². The second kappa shape index (κ2) is 6.91. The number of nitrogens with one attached hydrogen (secondary N) is 2. The Morgan fingerprint density at radius 1 is 1.30 bits per heavy atom. The fourth-order valence-electron chi connectivity index (χ4n) is 1.63. The van der Waals surface area contributed by atoms with Crippen LogP contribution in [0, 0.1) is 0 Å². The van der Waals surface area contributed by atoms with Crippen molar-refractivity contribution in [3.63, 3.8) is 0 Å². The number of rotatable bonds is 5. The van der Waals surface area contributed by atoms with Crippen molar-refractivity contribution in [3.8, 4) is 0 Å². The topological polar surface area (TPSA) is 99.7 Å². The molecule has 1 aromatic carbocycles.